The van der Waals surface area contributed by atoms with Crippen molar-refractivity contribution >= 4 is 34.6 Å². The van der Waals surface area contributed by atoms with Crippen molar-refractivity contribution in [1.82, 2.24) is 0 Å². The maximum absolute atomic E-state index is 12.5. The minimum atomic E-state index is -0.775. The Hall–Kier alpha value is -3.75. The van der Waals surface area contributed by atoms with Gasteiger partial charge in [-0.25, -0.2) is 0 Å². The summed E-state index contributed by atoms with van der Waals surface area (Å²) in [5, 5.41) is 19.0. The molecule has 2 aromatic carbocycles. The van der Waals surface area contributed by atoms with Crippen molar-refractivity contribution in [2.24, 2.45) is 10.8 Å². The zero-order valence-corrected chi connectivity index (χ0v) is 13.5. The summed E-state index contributed by atoms with van der Waals surface area (Å²) < 4.78 is 0. The largest absolute Gasteiger partial charge is 0.368 e. The van der Waals surface area contributed by atoms with Crippen molar-refractivity contribution in [3.8, 4) is 0 Å². The van der Waals surface area contributed by atoms with Crippen molar-refractivity contribution in [3.63, 3.8) is 0 Å². The van der Waals surface area contributed by atoms with Gasteiger partial charge < -0.3 is 11.1 Å². The number of para-hydroxylation sites is 1. The van der Waals surface area contributed by atoms with E-state index in [1.54, 1.807) is 24.3 Å². The lowest BCUT2D eigenvalue weighted by molar-refractivity contribution is -0.384. The smallest absolute Gasteiger partial charge is 0.271 e. The van der Waals surface area contributed by atoms with Crippen LogP contribution in [0.15, 0.2) is 59.7 Å². The Morgan fingerprint density at radius 3 is 2.58 bits per heavy atom. The summed E-state index contributed by atoms with van der Waals surface area (Å²) in [4.78, 5) is 34.5. The first-order valence-corrected chi connectivity index (χ1v) is 7.72. The van der Waals surface area contributed by atoms with Crippen LogP contribution in [0.25, 0.3) is 0 Å². The van der Waals surface area contributed by atoms with Gasteiger partial charge in [0.05, 0.1) is 10.6 Å². The summed E-state index contributed by atoms with van der Waals surface area (Å²) in [5.74, 6) is -1.15. The fourth-order valence-corrected chi connectivity index (χ4v) is 2.59. The SMILES string of the molecule is NC(=O)C1CC(C(=O)Nc2cccc([N+](=O)[O-])c2)=NN1c1ccccc1. The second-order valence-corrected chi connectivity index (χ2v) is 5.61. The van der Waals surface area contributed by atoms with Gasteiger partial charge in [0, 0.05) is 24.2 Å². The summed E-state index contributed by atoms with van der Waals surface area (Å²) in [5.41, 5.74) is 6.30. The number of hydrazone groups is 1. The third-order valence-electron chi connectivity index (χ3n) is 3.84. The molecule has 1 atom stereocenters. The Morgan fingerprint density at radius 2 is 1.92 bits per heavy atom. The van der Waals surface area contributed by atoms with E-state index in [1.807, 2.05) is 6.07 Å². The van der Waals surface area contributed by atoms with E-state index in [1.165, 1.54) is 29.3 Å². The zero-order valence-electron chi connectivity index (χ0n) is 13.5. The minimum absolute atomic E-state index is 0.0466. The number of hydrogen-bond acceptors (Lipinski definition) is 6. The fraction of sp³-hybridized carbons (Fsp3) is 0.118. The monoisotopic (exact) mass is 353 g/mol. The summed E-state index contributed by atoms with van der Waals surface area (Å²) in [6.45, 7) is 0. The molecule has 9 nitrogen and oxygen atoms in total. The van der Waals surface area contributed by atoms with Crippen LogP contribution in [0, 0.1) is 10.1 Å². The number of anilines is 2. The molecule has 0 saturated carbocycles. The number of nitrogens with two attached hydrogens (primary N) is 1. The molecule has 0 aliphatic carbocycles. The Balaban J connectivity index is 1.82. The van der Waals surface area contributed by atoms with E-state index in [2.05, 4.69) is 10.4 Å². The predicted molar refractivity (Wildman–Crippen MR) is 95.7 cm³/mol. The lowest BCUT2D eigenvalue weighted by atomic mass is 10.1. The maximum Gasteiger partial charge on any atom is 0.271 e. The van der Waals surface area contributed by atoms with Crippen LogP contribution in [0.4, 0.5) is 17.1 Å². The quantitative estimate of drug-likeness (QED) is 0.623. The standard InChI is InChI=1S/C17H15N5O4/c18-16(23)15-10-14(20-21(15)12-6-2-1-3-7-12)17(24)19-11-5-4-8-13(9-11)22(25)26/h1-9,15H,10H2,(H2,18,23)(H,19,24). The highest BCUT2D eigenvalue weighted by atomic mass is 16.6. The second-order valence-electron chi connectivity index (χ2n) is 5.61. The number of nitrogens with zero attached hydrogens (tertiary/aromatic N) is 3. The summed E-state index contributed by atoms with van der Waals surface area (Å²) >= 11 is 0. The molecular weight excluding hydrogens is 338 g/mol. The number of nitro benzene ring substituents is 1. The fourth-order valence-electron chi connectivity index (χ4n) is 2.59. The number of nitrogens with one attached hydrogen (secondary N) is 1. The molecule has 1 heterocycles. The molecule has 132 valence electrons. The van der Waals surface area contributed by atoms with E-state index >= 15 is 0 Å². The van der Waals surface area contributed by atoms with Crippen molar-refractivity contribution in [2.75, 3.05) is 10.3 Å². The number of benzene rings is 2. The van der Waals surface area contributed by atoms with E-state index < -0.39 is 22.8 Å². The Morgan fingerprint density at radius 1 is 1.19 bits per heavy atom. The van der Waals surface area contributed by atoms with Crippen LogP contribution in [0.2, 0.25) is 0 Å². The number of carbonyl (C=O) groups is 2. The molecule has 0 spiro atoms. The Bertz CT molecular complexity index is 897. The van der Waals surface area contributed by atoms with Gasteiger partial charge in [0.2, 0.25) is 5.91 Å². The van der Waals surface area contributed by atoms with Crippen LogP contribution in [0.5, 0.6) is 0 Å². The molecule has 0 radical (unpaired) electrons. The number of primary amides is 1. The third kappa shape index (κ3) is 3.51. The first kappa shape index (κ1) is 17.1. The average Bonchev–Trinajstić information content (AvgIpc) is 3.08. The van der Waals surface area contributed by atoms with E-state index in [4.69, 9.17) is 5.73 Å². The predicted octanol–water partition coefficient (Wildman–Crippen LogP) is 1.65. The third-order valence-corrected chi connectivity index (χ3v) is 3.84. The van der Waals surface area contributed by atoms with Crippen molar-refractivity contribution in [2.45, 2.75) is 12.5 Å². The van der Waals surface area contributed by atoms with Crippen molar-refractivity contribution < 1.29 is 14.5 Å². The molecule has 26 heavy (non-hydrogen) atoms. The number of amides is 2. The maximum atomic E-state index is 12.5. The first-order valence-electron chi connectivity index (χ1n) is 7.72. The summed E-state index contributed by atoms with van der Waals surface area (Å²) in [6, 6.07) is 13.7. The van der Waals surface area contributed by atoms with E-state index in [0.29, 0.717) is 5.69 Å². The summed E-state index contributed by atoms with van der Waals surface area (Å²) in [6.07, 6.45) is 0.0466. The van der Waals surface area contributed by atoms with Crippen LogP contribution < -0.4 is 16.1 Å². The first-order chi connectivity index (χ1) is 12.5. The van der Waals surface area contributed by atoms with Crippen molar-refractivity contribution in [1.29, 1.82) is 0 Å². The average molecular weight is 353 g/mol. The number of carbonyl (C=O) groups excluding carboxylic acids is 2. The lowest BCUT2D eigenvalue weighted by Crippen LogP contribution is -2.39. The van der Waals surface area contributed by atoms with Crippen LogP contribution in [-0.2, 0) is 9.59 Å². The zero-order chi connectivity index (χ0) is 18.7. The minimum Gasteiger partial charge on any atom is -0.368 e. The van der Waals surface area contributed by atoms with E-state index in [-0.39, 0.29) is 23.5 Å². The number of hydrogen-bond donors (Lipinski definition) is 2. The molecule has 9 heteroatoms. The van der Waals surface area contributed by atoms with Crippen molar-refractivity contribution in [3.05, 3.63) is 64.7 Å². The lowest BCUT2D eigenvalue weighted by Gasteiger charge is -2.20. The Labute approximate surface area is 148 Å². The summed E-state index contributed by atoms with van der Waals surface area (Å²) in [7, 11) is 0. The van der Waals surface area contributed by atoms with Gasteiger partial charge in [-0.05, 0) is 18.2 Å². The van der Waals surface area contributed by atoms with Gasteiger partial charge in [-0.3, -0.25) is 24.7 Å². The molecule has 1 aliphatic heterocycles. The van der Waals surface area contributed by atoms with Gasteiger partial charge in [-0.15, -0.1) is 0 Å². The van der Waals surface area contributed by atoms with Gasteiger partial charge in [0.25, 0.3) is 11.6 Å². The van der Waals surface area contributed by atoms with Gasteiger partial charge in [0.15, 0.2) is 0 Å². The molecule has 2 amide bonds. The molecular formula is C17H15N5O4. The molecule has 3 N–H and O–H groups in total. The highest BCUT2D eigenvalue weighted by molar-refractivity contribution is 6.44. The van der Waals surface area contributed by atoms with E-state index in [0.717, 1.165) is 0 Å². The van der Waals surface area contributed by atoms with Crippen LogP contribution in [0.1, 0.15) is 6.42 Å². The molecule has 0 fully saturated rings. The van der Waals surface area contributed by atoms with Crippen LogP contribution in [0.3, 0.4) is 0 Å². The molecule has 1 aliphatic rings. The van der Waals surface area contributed by atoms with Gasteiger partial charge >= 0.3 is 0 Å². The van der Waals surface area contributed by atoms with Gasteiger partial charge in [-0.2, -0.15) is 5.10 Å². The molecule has 3 rings (SSSR count). The normalized spacial score (nSPS) is 16.1. The molecule has 2 aromatic rings. The topological polar surface area (TPSA) is 131 Å². The molecule has 1 unspecified atom stereocenters. The number of rotatable bonds is 5. The second kappa shape index (κ2) is 7.01. The highest BCUT2D eigenvalue weighted by Gasteiger charge is 2.35. The number of non-ortho nitro benzene ring substituents is 1. The van der Waals surface area contributed by atoms with Crippen LogP contribution in [-0.4, -0.2) is 28.5 Å². The number of nitro groups is 1. The molecule has 0 aromatic heterocycles. The highest BCUT2D eigenvalue weighted by Crippen LogP contribution is 2.25. The van der Waals surface area contributed by atoms with Crippen LogP contribution >= 0.6 is 0 Å². The Kier molecular flexibility index (Phi) is 4.61. The molecule has 0 bridgehead atoms. The van der Waals surface area contributed by atoms with Gasteiger partial charge in [0.1, 0.15) is 11.8 Å². The van der Waals surface area contributed by atoms with E-state index in [9.17, 15) is 19.7 Å². The molecule has 0 saturated heterocycles. The van der Waals surface area contributed by atoms with Gasteiger partial charge in [-0.1, -0.05) is 24.3 Å².